The topological polar surface area (TPSA) is 57.7 Å². The van der Waals surface area contributed by atoms with Crippen molar-refractivity contribution in [1.29, 1.82) is 0 Å². The van der Waals surface area contributed by atoms with Gasteiger partial charge in [0.2, 0.25) is 5.91 Å². The Morgan fingerprint density at radius 3 is 2.16 bits per heavy atom. The normalized spacial score (nSPS) is 15.6. The lowest BCUT2D eigenvalue weighted by Crippen LogP contribution is -2.45. The van der Waals surface area contributed by atoms with Crippen LogP contribution in [0.2, 0.25) is 0 Å². The van der Waals surface area contributed by atoms with Crippen LogP contribution in [-0.2, 0) is 21.2 Å². The molecule has 6 heteroatoms. The number of carbonyl (C=O) groups excluding carboxylic acids is 1. The molecule has 1 unspecified atom stereocenters. The number of hydrogen-bond acceptors (Lipinski definition) is 3. The Labute approximate surface area is 184 Å². The summed E-state index contributed by atoms with van der Waals surface area (Å²) in [5, 5.41) is 0. The van der Waals surface area contributed by atoms with Gasteiger partial charge in [-0.1, -0.05) is 53.6 Å². The summed E-state index contributed by atoms with van der Waals surface area (Å²) in [7, 11) is -3.92. The minimum atomic E-state index is -3.92. The van der Waals surface area contributed by atoms with Crippen LogP contribution in [0.15, 0.2) is 77.7 Å². The molecule has 0 N–H and O–H groups in total. The standard InChI is InChI=1S/C25H26N2O3S/c1-18-8-12-22(13-9-18)26(31(29,30)23-14-10-19(2)11-15-23)17-25(28)27-20(3)16-21-6-4-5-7-24(21)27/h4-15,20H,16-17H2,1-3H3. The highest BCUT2D eigenvalue weighted by Crippen LogP contribution is 2.33. The van der Waals surface area contributed by atoms with E-state index in [-0.39, 0.29) is 23.4 Å². The van der Waals surface area contributed by atoms with Gasteiger partial charge in [-0.3, -0.25) is 9.10 Å². The average Bonchev–Trinajstić information content (AvgIpc) is 3.08. The highest BCUT2D eigenvalue weighted by molar-refractivity contribution is 7.92. The minimum absolute atomic E-state index is 0.0214. The summed E-state index contributed by atoms with van der Waals surface area (Å²) in [5.41, 5.74) is 4.42. The predicted octanol–water partition coefficient (Wildman–Crippen LogP) is 4.48. The molecule has 0 spiro atoms. The van der Waals surface area contributed by atoms with E-state index in [0.29, 0.717) is 5.69 Å². The number of aryl methyl sites for hydroxylation is 2. The van der Waals surface area contributed by atoms with Crippen molar-refractivity contribution in [3.8, 4) is 0 Å². The Morgan fingerprint density at radius 1 is 0.935 bits per heavy atom. The quantitative estimate of drug-likeness (QED) is 0.595. The summed E-state index contributed by atoms with van der Waals surface area (Å²) in [6.45, 7) is 5.57. The van der Waals surface area contributed by atoms with Gasteiger partial charge in [0.05, 0.1) is 10.6 Å². The van der Waals surface area contributed by atoms with Gasteiger partial charge in [-0.25, -0.2) is 8.42 Å². The molecule has 0 aromatic heterocycles. The van der Waals surface area contributed by atoms with Crippen molar-refractivity contribution in [3.63, 3.8) is 0 Å². The number of carbonyl (C=O) groups is 1. The molecule has 1 amide bonds. The smallest absolute Gasteiger partial charge is 0.264 e. The zero-order valence-electron chi connectivity index (χ0n) is 17.9. The maximum atomic E-state index is 13.6. The molecule has 5 nitrogen and oxygen atoms in total. The number of nitrogens with zero attached hydrogens (tertiary/aromatic N) is 2. The van der Waals surface area contributed by atoms with E-state index < -0.39 is 10.0 Å². The van der Waals surface area contributed by atoms with Crippen LogP contribution in [0.1, 0.15) is 23.6 Å². The second kappa shape index (κ2) is 8.19. The Morgan fingerprint density at radius 2 is 1.52 bits per heavy atom. The first kappa shape index (κ1) is 21.1. The summed E-state index contributed by atoms with van der Waals surface area (Å²) in [5.74, 6) is -0.242. The van der Waals surface area contributed by atoms with Crippen LogP contribution in [0.3, 0.4) is 0 Å². The minimum Gasteiger partial charge on any atom is -0.307 e. The van der Waals surface area contributed by atoms with Crippen LogP contribution in [0.25, 0.3) is 0 Å². The van der Waals surface area contributed by atoms with E-state index in [1.54, 1.807) is 41.3 Å². The number of fused-ring (bicyclic) bond motifs is 1. The van der Waals surface area contributed by atoms with Crippen molar-refractivity contribution in [2.24, 2.45) is 0 Å². The maximum Gasteiger partial charge on any atom is 0.264 e. The van der Waals surface area contributed by atoms with Gasteiger partial charge in [0.25, 0.3) is 10.0 Å². The van der Waals surface area contributed by atoms with Crippen LogP contribution in [0, 0.1) is 13.8 Å². The second-order valence-electron chi connectivity index (χ2n) is 8.11. The Hall–Kier alpha value is -3.12. The van der Waals surface area contributed by atoms with Crippen LogP contribution >= 0.6 is 0 Å². The third-order valence-corrected chi connectivity index (χ3v) is 7.47. The SMILES string of the molecule is Cc1ccc(N(CC(=O)N2c3ccccc3CC2C)S(=O)(=O)c2ccc(C)cc2)cc1. The lowest BCUT2D eigenvalue weighted by Gasteiger charge is -2.29. The van der Waals surface area contributed by atoms with Crippen LogP contribution in [0.4, 0.5) is 11.4 Å². The van der Waals surface area contributed by atoms with E-state index in [0.717, 1.165) is 28.8 Å². The van der Waals surface area contributed by atoms with Crippen molar-refractivity contribution in [1.82, 2.24) is 0 Å². The molecule has 1 aliphatic rings. The molecule has 1 atom stereocenters. The van der Waals surface area contributed by atoms with Crippen molar-refractivity contribution < 1.29 is 13.2 Å². The van der Waals surface area contributed by atoms with Crippen LogP contribution in [-0.4, -0.2) is 26.9 Å². The highest BCUT2D eigenvalue weighted by Gasteiger charge is 2.34. The average molecular weight is 435 g/mol. The molecule has 3 aromatic rings. The zero-order valence-corrected chi connectivity index (χ0v) is 18.8. The maximum absolute atomic E-state index is 13.6. The molecular weight excluding hydrogens is 408 g/mol. The molecule has 1 heterocycles. The first-order valence-corrected chi connectivity index (χ1v) is 11.8. The molecule has 0 saturated carbocycles. The largest absolute Gasteiger partial charge is 0.307 e. The number of sulfonamides is 1. The number of para-hydroxylation sites is 1. The third-order valence-electron chi connectivity index (χ3n) is 5.69. The molecule has 160 valence electrons. The van der Waals surface area contributed by atoms with Gasteiger partial charge in [-0.05, 0) is 63.1 Å². The Kier molecular flexibility index (Phi) is 5.58. The summed E-state index contributed by atoms with van der Waals surface area (Å²) >= 11 is 0. The van der Waals surface area contributed by atoms with E-state index in [1.165, 1.54) is 4.31 Å². The molecule has 3 aromatic carbocycles. The van der Waals surface area contributed by atoms with Gasteiger partial charge >= 0.3 is 0 Å². The van der Waals surface area contributed by atoms with Gasteiger partial charge in [-0.15, -0.1) is 0 Å². The number of amides is 1. The van der Waals surface area contributed by atoms with Crippen LogP contribution < -0.4 is 9.21 Å². The van der Waals surface area contributed by atoms with E-state index in [4.69, 9.17) is 0 Å². The van der Waals surface area contributed by atoms with Gasteiger partial charge in [0, 0.05) is 11.7 Å². The number of benzene rings is 3. The van der Waals surface area contributed by atoms with E-state index in [1.807, 2.05) is 57.2 Å². The first-order valence-electron chi connectivity index (χ1n) is 10.3. The Bertz CT molecular complexity index is 1200. The number of hydrogen-bond donors (Lipinski definition) is 0. The Balaban J connectivity index is 1.72. The summed E-state index contributed by atoms with van der Waals surface area (Å²) in [4.78, 5) is 15.3. The van der Waals surface area contributed by atoms with E-state index in [9.17, 15) is 13.2 Å². The fourth-order valence-corrected chi connectivity index (χ4v) is 5.42. The highest BCUT2D eigenvalue weighted by atomic mass is 32.2. The zero-order chi connectivity index (χ0) is 22.2. The number of rotatable bonds is 5. The predicted molar refractivity (Wildman–Crippen MR) is 124 cm³/mol. The lowest BCUT2D eigenvalue weighted by atomic mass is 10.1. The molecule has 0 saturated heterocycles. The summed E-state index contributed by atoms with van der Waals surface area (Å²) < 4.78 is 28.3. The first-order chi connectivity index (χ1) is 14.8. The van der Waals surface area contributed by atoms with Gasteiger partial charge < -0.3 is 4.90 Å². The fraction of sp³-hybridized carbons (Fsp3) is 0.240. The second-order valence-corrected chi connectivity index (χ2v) is 9.97. The molecule has 0 bridgehead atoms. The van der Waals surface area contributed by atoms with Crippen molar-refractivity contribution in [2.75, 3.05) is 15.7 Å². The fourth-order valence-electron chi connectivity index (χ4n) is 4.01. The van der Waals surface area contributed by atoms with Gasteiger partial charge in [0.15, 0.2) is 0 Å². The summed E-state index contributed by atoms with van der Waals surface area (Å²) in [6.07, 6.45) is 0.761. The van der Waals surface area contributed by atoms with E-state index >= 15 is 0 Å². The van der Waals surface area contributed by atoms with Crippen molar-refractivity contribution in [2.45, 2.75) is 38.1 Å². The molecular formula is C25H26N2O3S. The number of anilines is 2. The molecule has 0 aliphatic carbocycles. The van der Waals surface area contributed by atoms with Crippen molar-refractivity contribution >= 4 is 27.3 Å². The van der Waals surface area contributed by atoms with Crippen molar-refractivity contribution in [3.05, 3.63) is 89.5 Å². The monoisotopic (exact) mass is 434 g/mol. The van der Waals surface area contributed by atoms with Gasteiger partial charge in [-0.2, -0.15) is 0 Å². The molecule has 4 rings (SSSR count). The molecule has 31 heavy (non-hydrogen) atoms. The lowest BCUT2D eigenvalue weighted by molar-refractivity contribution is -0.117. The molecule has 0 fully saturated rings. The van der Waals surface area contributed by atoms with E-state index in [2.05, 4.69) is 0 Å². The molecule has 1 aliphatic heterocycles. The van der Waals surface area contributed by atoms with Gasteiger partial charge in [0.1, 0.15) is 6.54 Å². The third kappa shape index (κ3) is 4.08. The summed E-state index contributed by atoms with van der Waals surface area (Å²) in [6, 6.07) is 21.7. The molecule has 0 radical (unpaired) electrons. The van der Waals surface area contributed by atoms with Crippen LogP contribution in [0.5, 0.6) is 0 Å².